The third-order valence-corrected chi connectivity index (χ3v) is 4.92. The summed E-state index contributed by atoms with van der Waals surface area (Å²) < 4.78 is 14.3. The lowest BCUT2D eigenvalue weighted by molar-refractivity contribution is 0.222. The number of hydrogen-bond donors (Lipinski definition) is 1. The summed E-state index contributed by atoms with van der Waals surface area (Å²) in [5.74, 6) is 0. The number of rotatable bonds is 4. The summed E-state index contributed by atoms with van der Waals surface area (Å²) in [5, 5.41) is 6.36. The number of fused-ring (bicyclic) bond motifs is 1. The Morgan fingerprint density at radius 2 is 2.19 bits per heavy atom. The van der Waals surface area contributed by atoms with Crippen molar-refractivity contribution in [1.82, 2.24) is 10.3 Å². The topological polar surface area (TPSA) is 28.2 Å². The standard InChI is InChI=1S/C16H20FN3S/c1-20(2)16-19-12(10-21-16)9-18-15-13-6-4-3-5-11(13)7-8-14(15)17/h3-6,10,14-15,18H,7-9H2,1-2H3. The first-order chi connectivity index (χ1) is 10.1. The van der Waals surface area contributed by atoms with Crippen LogP contribution in [0.4, 0.5) is 9.52 Å². The lowest BCUT2D eigenvalue weighted by atomic mass is 9.86. The summed E-state index contributed by atoms with van der Waals surface area (Å²) in [4.78, 5) is 6.52. The Morgan fingerprint density at radius 3 is 2.95 bits per heavy atom. The van der Waals surface area contributed by atoms with Gasteiger partial charge in [0, 0.05) is 26.0 Å². The molecule has 0 fully saturated rings. The van der Waals surface area contributed by atoms with Gasteiger partial charge >= 0.3 is 0 Å². The van der Waals surface area contributed by atoms with E-state index in [2.05, 4.69) is 16.4 Å². The molecule has 3 rings (SSSR count). The summed E-state index contributed by atoms with van der Waals surface area (Å²) in [5.41, 5.74) is 3.33. The number of aryl methyl sites for hydroxylation is 1. The predicted molar refractivity (Wildman–Crippen MR) is 85.7 cm³/mol. The second-order valence-corrected chi connectivity index (χ2v) is 6.46. The summed E-state index contributed by atoms with van der Waals surface area (Å²) in [6.45, 7) is 0.601. The van der Waals surface area contributed by atoms with Crippen LogP contribution in [0.1, 0.15) is 29.3 Å². The highest BCUT2D eigenvalue weighted by atomic mass is 32.1. The van der Waals surface area contributed by atoms with Crippen LogP contribution in [-0.4, -0.2) is 25.3 Å². The van der Waals surface area contributed by atoms with E-state index in [9.17, 15) is 4.39 Å². The lowest BCUT2D eigenvalue weighted by Gasteiger charge is -2.29. The third kappa shape index (κ3) is 3.09. The smallest absolute Gasteiger partial charge is 0.185 e. The maximum atomic E-state index is 14.3. The van der Waals surface area contributed by atoms with E-state index in [0.29, 0.717) is 13.0 Å². The SMILES string of the molecule is CN(C)c1nc(CNC2c3ccccc3CCC2F)cs1. The van der Waals surface area contributed by atoms with E-state index >= 15 is 0 Å². The molecule has 0 amide bonds. The van der Waals surface area contributed by atoms with Crippen LogP contribution in [0.3, 0.4) is 0 Å². The molecule has 0 saturated carbocycles. The number of nitrogens with zero attached hydrogens (tertiary/aromatic N) is 2. The average Bonchev–Trinajstić information content (AvgIpc) is 2.95. The molecule has 1 N–H and O–H groups in total. The zero-order valence-electron chi connectivity index (χ0n) is 12.3. The second-order valence-electron chi connectivity index (χ2n) is 5.63. The first-order valence-corrected chi connectivity index (χ1v) is 8.10. The monoisotopic (exact) mass is 305 g/mol. The molecule has 0 aliphatic heterocycles. The van der Waals surface area contributed by atoms with Gasteiger partial charge in [-0.1, -0.05) is 24.3 Å². The summed E-state index contributed by atoms with van der Waals surface area (Å²) in [6.07, 6.45) is 0.595. The minimum Gasteiger partial charge on any atom is -0.354 e. The van der Waals surface area contributed by atoms with E-state index < -0.39 is 6.17 Å². The molecule has 3 nitrogen and oxygen atoms in total. The highest BCUT2D eigenvalue weighted by Gasteiger charge is 2.28. The van der Waals surface area contributed by atoms with Crippen LogP contribution in [0.2, 0.25) is 0 Å². The van der Waals surface area contributed by atoms with Crippen molar-refractivity contribution in [2.24, 2.45) is 0 Å². The van der Waals surface area contributed by atoms with Crippen LogP contribution in [-0.2, 0) is 13.0 Å². The second kappa shape index (κ2) is 6.12. The van der Waals surface area contributed by atoms with Crippen molar-refractivity contribution in [3.8, 4) is 0 Å². The number of aromatic nitrogens is 1. The summed E-state index contributed by atoms with van der Waals surface area (Å²) >= 11 is 1.61. The third-order valence-electron chi connectivity index (χ3n) is 3.87. The van der Waals surface area contributed by atoms with Gasteiger partial charge in [0.05, 0.1) is 11.7 Å². The van der Waals surface area contributed by atoms with Crippen molar-refractivity contribution in [2.75, 3.05) is 19.0 Å². The van der Waals surface area contributed by atoms with Crippen LogP contribution in [0, 0.1) is 0 Å². The zero-order chi connectivity index (χ0) is 14.8. The fourth-order valence-electron chi connectivity index (χ4n) is 2.76. The lowest BCUT2D eigenvalue weighted by Crippen LogP contribution is -2.33. The highest BCUT2D eigenvalue weighted by molar-refractivity contribution is 7.13. The van der Waals surface area contributed by atoms with Crippen LogP contribution in [0.15, 0.2) is 29.6 Å². The van der Waals surface area contributed by atoms with E-state index in [-0.39, 0.29) is 6.04 Å². The fraction of sp³-hybridized carbons (Fsp3) is 0.438. The number of thiazole rings is 1. The van der Waals surface area contributed by atoms with E-state index in [4.69, 9.17) is 0 Å². The maximum Gasteiger partial charge on any atom is 0.185 e. The Labute approximate surface area is 128 Å². The Balaban J connectivity index is 1.72. The molecule has 1 aromatic heterocycles. The Kier molecular flexibility index (Phi) is 4.22. The van der Waals surface area contributed by atoms with E-state index in [1.807, 2.05) is 42.6 Å². The van der Waals surface area contributed by atoms with Crippen LogP contribution >= 0.6 is 11.3 Å². The molecular formula is C16H20FN3S. The number of anilines is 1. The van der Waals surface area contributed by atoms with Gasteiger partial charge < -0.3 is 10.2 Å². The Morgan fingerprint density at radius 1 is 1.38 bits per heavy atom. The molecule has 5 heteroatoms. The molecule has 2 aromatic rings. The molecule has 0 saturated heterocycles. The molecule has 1 aromatic carbocycles. The zero-order valence-corrected chi connectivity index (χ0v) is 13.2. The molecule has 0 radical (unpaired) electrons. The molecule has 21 heavy (non-hydrogen) atoms. The molecular weight excluding hydrogens is 285 g/mol. The largest absolute Gasteiger partial charge is 0.354 e. The fourth-order valence-corrected chi connectivity index (χ4v) is 3.51. The molecule has 0 bridgehead atoms. The first kappa shape index (κ1) is 14.5. The Bertz CT molecular complexity index is 611. The van der Waals surface area contributed by atoms with Crippen molar-refractivity contribution in [3.05, 3.63) is 46.5 Å². The minimum absolute atomic E-state index is 0.223. The number of alkyl halides is 1. The van der Waals surface area contributed by atoms with Crippen molar-refractivity contribution in [2.45, 2.75) is 31.6 Å². The highest BCUT2D eigenvalue weighted by Crippen LogP contribution is 2.32. The number of halogens is 1. The van der Waals surface area contributed by atoms with E-state index in [1.54, 1.807) is 11.3 Å². The van der Waals surface area contributed by atoms with Crippen molar-refractivity contribution < 1.29 is 4.39 Å². The van der Waals surface area contributed by atoms with Gasteiger partial charge in [0.25, 0.3) is 0 Å². The summed E-state index contributed by atoms with van der Waals surface area (Å²) in [7, 11) is 3.95. The average molecular weight is 305 g/mol. The molecule has 2 unspecified atom stereocenters. The van der Waals surface area contributed by atoms with Gasteiger partial charge in [-0.2, -0.15) is 0 Å². The number of benzene rings is 1. The van der Waals surface area contributed by atoms with Crippen LogP contribution in [0.25, 0.3) is 0 Å². The number of nitrogens with one attached hydrogen (secondary N) is 1. The van der Waals surface area contributed by atoms with Gasteiger partial charge in [-0.3, -0.25) is 0 Å². The van der Waals surface area contributed by atoms with E-state index in [1.165, 1.54) is 5.56 Å². The van der Waals surface area contributed by atoms with Gasteiger partial charge in [-0.15, -0.1) is 11.3 Å². The predicted octanol–water partition coefficient (Wildman–Crippen LogP) is 3.32. The number of hydrogen-bond acceptors (Lipinski definition) is 4. The van der Waals surface area contributed by atoms with E-state index in [0.717, 1.165) is 22.8 Å². The first-order valence-electron chi connectivity index (χ1n) is 7.22. The van der Waals surface area contributed by atoms with Crippen molar-refractivity contribution in [1.29, 1.82) is 0 Å². The molecule has 2 atom stereocenters. The molecule has 1 aliphatic rings. The minimum atomic E-state index is -0.827. The van der Waals surface area contributed by atoms with Crippen LogP contribution in [0.5, 0.6) is 0 Å². The van der Waals surface area contributed by atoms with Gasteiger partial charge in [-0.25, -0.2) is 9.37 Å². The molecule has 1 heterocycles. The summed E-state index contributed by atoms with van der Waals surface area (Å²) in [6, 6.07) is 7.92. The maximum absolute atomic E-state index is 14.3. The quantitative estimate of drug-likeness (QED) is 0.939. The molecule has 1 aliphatic carbocycles. The van der Waals surface area contributed by atoms with Gasteiger partial charge in [0.2, 0.25) is 0 Å². The molecule has 0 spiro atoms. The van der Waals surface area contributed by atoms with Crippen LogP contribution < -0.4 is 10.2 Å². The molecule has 112 valence electrons. The normalized spacial score (nSPS) is 21.1. The van der Waals surface area contributed by atoms with Gasteiger partial charge in [-0.05, 0) is 24.0 Å². The van der Waals surface area contributed by atoms with Crippen molar-refractivity contribution in [3.63, 3.8) is 0 Å². The van der Waals surface area contributed by atoms with Gasteiger partial charge in [0.1, 0.15) is 6.17 Å². The van der Waals surface area contributed by atoms with Crippen molar-refractivity contribution >= 4 is 16.5 Å². The van der Waals surface area contributed by atoms with Gasteiger partial charge in [0.15, 0.2) is 5.13 Å². The Hall–Kier alpha value is -1.46.